The van der Waals surface area contributed by atoms with E-state index in [-0.39, 0.29) is 5.56 Å². The molecule has 1 aromatic heterocycles. The van der Waals surface area contributed by atoms with Crippen LogP contribution in [0.4, 0.5) is 0 Å². The van der Waals surface area contributed by atoms with Crippen LogP contribution in [0.3, 0.4) is 0 Å². The minimum atomic E-state index is -0.0335. The third-order valence-electron chi connectivity index (χ3n) is 2.91. The Kier molecular flexibility index (Phi) is 4.83. The number of aromatic amines is 1. The molecular formula is C13H21N3OS. The van der Waals surface area contributed by atoms with E-state index in [4.69, 9.17) is 0 Å². The predicted molar refractivity (Wildman–Crippen MR) is 75.8 cm³/mol. The molecule has 18 heavy (non-hydrogen) atoms. The molecule has 1 aliphatic rings. The summed E-state index contributed by atoms with van der Waals surface area (Å²) < 4.78 is 0. The van der Waals surface area contributed by atoms with Crippen LogP contribution >= 0.6 is 11.8 Å². The number of hydrogen-bond donors (Lipinski definition) is 2. The normalized spacial score (nSPS) is 19.6. The number of H-pyrrole nitrogens is 1. The molecule has 1 fully saturated rings. The van der Waals surface area contributed by atoms with Crippen molar-refractivity contribution in [2.45, 2.75) is 38.5 Å². The van der Waals surface area contributed by atoms with Crippen LogP contribution in [0.5, 0.6) is 0 Å². The van der Waals surface area contributed by atoms with Crippen LogP contribution in [-0.2, 0) is 6.54 Å². The second-order valence-electron chi connectivity index (χ2n) is 5.15. The molecule has 0 aliphatic carbocycles. The van der Waals surface area contributed by atoms with Crippen molar-refractivity contribution in [2.75, 3.05) is 12.3 Å². The fourth-order valence-electron chi connectivity index (χ4n) is 2.05. The summed E-state index contributed by atoms with van der Waals surface area (Å²) in [6.45, 7) is 5.95. The van der Waals surface area contributed by atoms with Gasteiger partial charge in [0.05, 0.1) is 10.9 Å². The van der Waals surface area contributed by atoms with Crippen molar-refractivity contribution < 1.29 is 0 Å². The topological polar surface area (TPSA) is 57.8 Å². The van der Waals surface area contributed by atoms with Crippen LogP contribution in [0.2, 0.25) is 0 Å². The average Bonchev–Trinajstić information content (AvgIpc) is 2.81. The summed E-state index contributed by atoms with van der Waals surface area (Å²) in [5, 5.41) is 3.70. The highest BCUT2D eigenvalue weighted by Crippen LogP contribution is 2.37. The van der Waals surface area contributed by atoms with E-state index in [1.54, 1.807) is 6.07 Å². The number of thioether (sulfide) groups is 1. The Morgan fingerprint density at radius 2 is 2.44 bits per heavy atom. The van der Waals surface area contributed by atoms with E-state index in [1.165, 1.54) is 12.2 Å². The van der Waals surface area contributed by atoms with Crippen molar-refractivity contribution in [3.63, 3.8) is 0 Å². The van der Waals surface area contributed by atoms with Crippen LogP contribution in [0.1, 0.15) is 43.5 Å². The third kappa shape index (κ3) is 3.85. The molecule has 0 radical (unpaired) electrons. The molecule has 5 heteroatoms. The summed E-state index contributed by atoms with van der Waals surface area (Å²) in [6, 6.07) is 1.59. The third-order valence-corrected chi connectivity index (χ3v) is 4.29. The van der Waals surface area contributed by atoms with Crippen LogP contribution < -0.4 is 10.9 Å². The molecule has 2 heterocycles. The van der Waals surface area contributed by atoms with Gasteiger partial charge < -0.3 is 10.3 Å². The molecule has 1 aliphatic heterocycles. The quantitative estimate of drug-likeness (QED) is 0.857. The highest BCUT2D eigenvalue weighted by Gasteiger charge is 2.20. The summed E-state index contributed by atoms with van der Waals surface area (Å²) in [5.74, 6) is 2.63. The zero-order chi connectivity index (χ0) is 13.0. The van der Waals surface area contributed by atoms with E-state index in [0.29, 0.717) is 17.7 Å². The average molecular weight is 267 g/mol. The maximum absolute atomic E-state index is 11.6. The van der Waals surface area contributed by atoms with E-state index in [1.807, 2.05) is 11.8 Å². The molecule has 0 saturated carbocycles. The Balaban J connectivity index is 2.04. The molecule has 2 rings (SSSR count). The highest BCUT2D eigenvalue weighted by molar-refractivity contribution is 7.99. The van der Waals surface area contributed by atoms with Gasteiger partial charge in [-0.3, -0.25) is 4.79 Å². The van der Waals surface area contributed by atoms with Crippen LogP contribution in [-0.4, -0.2) is 22.3 Å². The van der Waals surface area contributed by atoms with Gasteiger partial charge in [-0.25, -0.2) is 4.98 Å². The molecule has 1 aromatic rings. The highest BCUT2D eigenvalue weighted by atomic mass is 32.2. The monoisotopic (exact) mass is 267 g/mol. The van der Waals surface area contributed by atoms with Crippen LogP contribution in [0.25, 0.3) is 0 Å². The van der Waals surface area contributed by atoms with Crippen LogP contribution in [0.15, 0.2) is 10.9 Å². The summed E-state index contributed by atoms with van der Waals surface area (Å²) >= 11 is 1.89. The lowest BCUT2D eigenvalue weighted by Gasteiger charge is -2.10. The molecule has 0 bridgehead atoms. The molecule has 1 atom stereocenters. The Bertz CT molecular complexity index is 438. The van der Waals surface area contributed by atoms with Crippen molar-refractivity contribution >= 4 is 11.8 Å². The van der Waals surface area contributed by atoms with Crippen molar-refractivity contribution in [1.82, 2.24) is 15.3 Å². The van der Waals surface area contributed by atoms with Gasteiger partial charge in [-0.2, -0.15) is 11.8 Å². The molecule has 2 N–H and O–H groups in total. The maximum Gasteiger partial charge on any atom is 0.251 e. The lowest BCUT2D eigenvalue weighted by Crippen LogP contribution is -2.22. The maximum atomic E-state index is 11.6. The number of aromatic nitrogens is 2. The van der Waals surface area contributed by atoms with Crippen molar-refractivity contribution in [3.8, 4) is 0 Å². The van der Waals surface area contributed by atoms with E-state index in [2.05, 4.69) is 29.1 Å². The molecule has 0 aromatic carbocycles. The smallest absolute Gasteiger partial charge is 0.251 e. The van der Waals surface area contributed by atoms with Gasteiger partial charge in [-0.1, -0.05) is 13.8 Å². The molecule has 0 amide bonds. The standard InChI is InChI=1S/C13H21N3OS/c1-9(2)7-14-8-10-6-12(17)16-13(15-10)11-4-3-5-18-11/h6,9,11,14H,3-5,7-8H2,1-2H3,(H,15,16,17). The Morgan fingerprint density at radius 1 is 1.61 bits per heavy atom. The second kappa shape index (κ2) is 6.38. The number of rotatable bonds is 5. The molecule has 4 nitrogen and oxygen atoms in total. The Morgan fingerprint density at radius 3 is 3.11 bits per heavy atom. The second-order valence-corrected chi connectivity index (χ2v) is 6.46. The first-order chi connectivity index (χ1) is 8.65. The van der Waals surface area contributed by atoms with Gasteiger partial charge in [0.1, 0.15) is 5.82 Å². The van der Waals surface area contributed by atoms with Crippen LogP contribution in [0, 0.1) is 5.92 Å². The van der Waals surface area contributed by atoms with E-state index in [9.17, 15) is 4.79 Å². The van der Waals surface area contributed by atoms with Gasteiger partial charge in [-0.15, -0.1) is 0 Å². The minimum Gasteiger partial charge on any atom is -0.311 e. The van der Waals surface area contributed by atoms with E-state index in [0.717, 1.165) is 24.5 Å². The number of nitrogens with zero attached hydrogens (tertiary/aromatic N) is 1. The zero-order valence-corrected chi connectivity index (χ0v) is 11.8. The molecule has 1 saturated heterocycles. The van der Waals surface area contributed by atoms with E-state index >= 15 is 0 Å². The summed E-state index contributed by atoms with van der Waals surface area (Å²) in [5.41, 5.74) is 0.816. The van der Waals surface area contributed by atoms with Gasteiger partial charge in [0.15, 0.2) is 0 Å². The van der Waals surface area contributed by atoms with Crippen molar-refractivity contribution in [1.29, 1.82) is 0 Å². The summed E-state index contributed by atoms with van der Waals surface area (Å²) in [7, 11) is 0. The summed E-state index contributed by atoms with van der Waals surface area (Å²) in [6.07, 6.45) is 2.34. The van der Waals surface area contributed by atoms with Gasteiger partial charge in [0.2, 0.25) is 0 Å². The number of nitrogens with one attached hydrogen (secondary N) is 2. The molecular weight excluding hydrogens is 246 g/mol. The Labute approximate surface area is 112 Å². The lowest BCUT2D eigenvalue weighted by atomic mass is 10.2. The van der Waals surface area contributed by atoms with Gasteiger partial charge in [0, 0.05) is 12.6 Å². The first kappa shape index (κ1) is 13.6. The first-order valence-corrected chi connectivity index (χ1v) is 7.62. The van der Waals surface area contributed by atoms with Gasteiger partial charge in [0.25, 0.3) is 5.56 Å². The molecule has 100 valence electrons. The number of hydrogen-bond acceptors (Lipinski definition) is 4. The predicted octanol–water partition coefficient (Wildman–Crippen LogP) is 2.08. The van der Waals surface area contributed by atoms with Gasteiger partial charge in [-0.05, 0) is 31.1 Å². The fourth-order valence-corrected chi connectivity index (χ4v) is 3.27. The lowest BCUT2D eigenvalue weighted by molar-refractivity contribution is 0.546. The van der Waals surface area contributed by atoms with Crippen molar-refractivity contribution in [3.05, 3.63) is 27.9 Å². The van der Waals surface area contributed by atoms with E-state index < -0.39 is 0 Å². The Hall–Kier alpha value is -0.810. The van der Waals surface area contributed by atoms with Crippen molar-refractivity contribution in [2.24, 2.45) is 5.92 Å². The SMILES string of the molecule is CC(C)CNCc1cc(=O)[nH]c(C2CCCS2)n1. The largest absolute Gasteiger partial charge is 0.311 e. The summed E-state index contributed by atoms with van der Waals surface area (Å²) in [4.78, 5) is 19.1. The van der Waals surface area contributed by atoms with Gasteiger partial charge >= 0.3 is 0 Å². The minimum absolute atomic E-state index is 0.0335. The first-order valence-electron chi connectivity index (χ1n) is 6.57. The molecule has 1 unspecified atom stereocenters. The molecule has 0 spiro atoms. The zero-order valence-electron chi connectivity index (χ0n) is 11.0. The fraction of sp³-hybridized carbons (Fsp3) is 0.692.